The van der Waals surface area contributed by atoms with Crippen LogP contribution in [-0.2, 0) is 5.60 Å². The van der Waals surface area contributed by atoms with Crippen molar-refractivity contribution in [3.05, 3.63) is 23.7 Å². The molecule has 2 N–H and O–H groups in total. The number of rotatable bonds is 2. The molecule has 2 rings (SSSR count). The summed E-state index contributed by atoms with van der Waals surface area (Å²) in [6, 6.07) is 2.98. The average molecular weight is 238 g/mol. The predicted molar refractivity (Wildman–Crippen MR) is 61.7 cm³/mol. The first-order valence-electron chi connectivity index (χ1n) is 5.97. The molecule has 4 nitrogen and oxygen atoms in total. The van der Waals surface area contributed by atoms with Gasteiger partial charge in [0.25, 0.3) is 0 Å². The second kappa shape index (κ2) is 4.18. The van der Waals surface area contributed by atoms with Crippen molar-refractivity contribution in [1.82, 2.24) is 0 Å². The molecule has 1 aromatic heterocycles. The van der Waals surface area contributed by atoms with Gasteiger partial charge in [-0.25, -0.2) is 4.79 Å². The zero-order chi connectivity index (χ0) is 12.6. The van der Waals surface area contributed by atoms with Gasteiger partial charge in [0, 0.05) is 0 Å². The number of hydrogen-bond donors (Lipinski definition) is 2. The van der Waals surface area contributed by atoms with Gasteiger partial charge in [0.1, 0.15) is 11.4 Å². The van der Waals surface area contributed by atoms with E-state index in [1.165, 1.54) is 6.07 Å². The van der Waals surface area contributed by atoms with Gasteiger partial charge in [-0.3, -0.25) is 0 Å². The Kier molecular flexibility index (Phi) is 3.00. The highest BCUT2D eigenvalue weighted by Crippen LogP contribution is 2.42. The van der Waals surface area contributed by atoms with E-state index < -0.39 is 11.6 Å². The van der Waals surface area contributed by atoms with Crippen LogP contribution in [0.3, 0.4) is 0 Å². The standard InChI is InChI=1S/C13H18O4/c1-8-5-9(2)7-13(16,6-8)11-4-3-10(17-11)12(14)15/h3-4,8-9,16H,5-7H2,1-2H3,(H,14,15). The van der Waals surface area contributed by atoms with Gasteiger partial charge in [0.15, 0.2) is 0 Å². The highest BCUT2D eigenvalue weighted by Gasteiger charge is 2.40. The number of aliphatic hydroxyl groups is 1. The second-order valence-electron chi connectivity index (χ2n) is 5.35. The fourth-order valence-corrected chi connectivity index (χ4v) is 2.99. The summed E-state index contributed by atoms with van der Waals surface area (Å²) in [6.45, 7) is 4.20. The molecule has 1 aliphatic rings. The van der Waals surface area contributed by atoms with Crippen LogP contribution < -0.4 is 0 Å². The van der Waals surface area contributed by atoms with E-state index in [0.29, 0.717) is 30.4 Å². The van der Waals surface area contributed by atoms with E-state index in [2.05, 4.69) is 13.8 Å². The lowest BCUT2D eigenvalue weighted by Gasteiger charge is -2.37. The molecule has 4 heteroatoms. The van der Waals surface area contributed by atoms with Gasteiger partial charge in [-0.2, -0.15) is 0 Å². The molecule has 94 valence electrons. The average Bonchev–Trinajstić information content (AvgIpc) is 2.63. The van der Waals surface area contributed by atoms with E-state index in [1.807, 2.05) is 0 Å². The lowest BCUT2D eigenvalue weighted by atomic mass is 9.73. The molecule has 0 radical (unpaired) electrons. The molecule has 1 aromatic rings. The van der Waals surface area contributed by atoms with Crippen LogP contribution in [0.25, 0.3) is 0 Å². The summed E-state index contributed by atoms with van der Waals surface area (Å²) < 4.78 is 5.23. The van der Waals surface area contributed by atoms with E-state index in [0.717, 1.165) is 6.42 Å². The van der Waals surface area contributed by atoms with Crippen LogP contribution in [0.5, 0.6) is 0 Å². The molecule has 1 fully saturated rings. The minimum atomic E-state index is -1.10. The summed E-state index contributed by atoms with van der Waals surface area (Å²) in [5, 5.41) is 19.4. The highest BCUT2D eigenvalue weighted by atomic mass is 16.4. The highest BCUT2D eigenvalue weighted by molar-refractivity contribution is 5.84. The molecular formula is C13H18O4. The lowest BCUT2D eigenvalue weighted by molar-refractivity contribution is -0.0530. The van der Waals surface area contributed by atoms with Crippen molar-refractivity contribution >= 4 is 5.97 Å². The van der Waals surface area contributed by atoms with E-state index in [1.54, 1.807) is 6.07 Å². The molecule has 1 saturated carbocycles. The number of carbonyl (C=O) groups is 1. The van der Waals surface area contributed by atoms with Gasteiger partial charge in [-0.05, 0) is 43.2 Å². The van der Waals surface area contributed by atoms with Crippen LogP contribution in [0.15, 0.2) is 16.5 Å². The van der Waals surface area contributed by atoms with E-state index in [4.69, 9.17) is 9.52 Å². The van der Waals surface area contributed by atoms with Crippen molar-refractivity contribution in [2.75, 3.05) is 0 Å². The third kappa shape index (κ3) is 2.36. The van der Waals surface area contributed by atoms with Crippen molar-refractivity contribution < 1.29 is 19.4 Å². The fourth-order valence-electron chi connectivity index (χ4n) is 2.99. The zero-order valence-electron chi connectivity index (χ0n) is 10.1. The predicted octanol–water partition coefficient (Wildman–Crippen LogP) is 2.62. The van der Waals surface area contributed by atoms with Gasteiger partial charge >= 0.3 is 5.97 Å². The molecule has 0 aliphatic heterocycles. The zero-order valence-corrected chi connectivity index (χ0v) is 10.1. The number of carboxylic acids is 1. The molecule has 2 atom stereocenters. The summed E-state index contributed by atoms with van der Waals surface area (Å²) in [6.07, 6.45) is 2.35. The van der Waals surface area contributed by atoms with Gasteiger partial charge in [0.2, 0.25) is 5.76 Å². The molecule has 0 bridgehead atoms. The van der Waals surface area contributed by atoms with E-state index >= 15 is 0 Å². The maximum absolute atomic E-state index is 10.8. The fraction of sp³-hybridized carbons (Fsp3) is 0.615. The van der Waals surface area contributed by atoms with Crippen molar-refractivity contribution in [3.8, 4) is 0 Å². The Morgan fingerprint density at radius 1 is 1.35 bits per heavy atom. The Balaban J connectivity index is 2.27. The van der Waals surface area contributed by atoms with Gasteiger partial charge in [0.05, 0.1) is 0 Å². The first kappa shape index (κ1) is 12.2. The summed E-state index contributed by atoms with van der Waals surface area (Å²) >= 11 is 0. The third-order valence-electron chi connectivity index (χ3n) is 3.45. The van der Waals surface area contributed by atoms with Crippen LogP contribution in [0.4, 0.5) is 0 Å². The van der Waals surface area contributed by atoms with Crippen LogP contribution in [0, 0.1) is 11.8 Å². The molecule has 0 amide bonds. The van der Waals surface area contributed by atoms with E-state index in [-0.39, 0.29) is 5.76 Å². The molecule has 17 heavy (non-hydrogen) atoms. The molecule has 2 unspecified atom stereocenters. The Morgan fingerprint density at radius 3 is 2.41 bits per heavy atom. The molecule has 0 aromatic carbocycles. The summed E-state index contributed by atoms with van der Waals surface area (Å²) in [5.74, 6) is 0.00798. The van der Waals surface area contributed by atoms with Crippen molar-refractivity contribution in [2.24, 2.45) is 11.8 Å². The second-order valence-corrected chi connectivity index (χ2v) is 5.35. The summed E-state index contributed by atoms with van der Waals surface area (Å²) in [4.78, 5) is 10.8. The van der Waals surface area contributed by atoms with Crippen molar-refractivity contribution in [3.63, 3.8) is 0 Å². The Morgan fingerprint density at radius 2 is 1.94 bits per heavy atom. The van der Waals surface area contributed by atoms with Crippen LogP contribution in [-0.4, -0.2) is 16.2 Å². The van der Waals surface area contributed by atoms with Crippen LogP contribution in [0.2, 0.25) is 0 Å². The van der Waals surface area contributed by atoms with Crippen LogP contribution >= 0.6 is 0 Å². The topological polar surface area (TPSA) is 70.7 Å². The first-order valence-corrected chi connectivity index (χ1v) is 5.97. The van der Waals surface area contributed by atoms with Gasteiger partial charge in [-0.15, -0.1) is 0 Å². The molecule has 0 spiro atoms. The van der Waals surface area contributed by atoms with Crippen molar-refractivity contribution in [2.45, 2.75) is 38.7 Å². The molecular weight excluding hydrogens is 220 g/mol. The largest absolute Gasteiger partial charge is 0.475 e. The van der Waals surface area contributed by atoms with Gasteiger partial charge < -0.3 is 14.6 Å². The third-order valence-corrected chi connectivity index (χ3v) is 3.45. The SMILES string of the molecule is CC1CC(C)CC(O)(c2ccc(C(=O)O)o2)C1. The van der Waals surface area contributed by atoms with E-state index in [9.17, 15) is 9.90 Å². The molecule has 1 aliphatic carbocycles. The van der Waals surface area contributed by atoms with Crippen molar-refractivity contribution in [1.29, 1.82) is 0 Å². The normalized spacial score (nSPS) is 33.6. The van der Waals surface area contributed by atoms with Crippen LogP contribution in [0.1, 0.15) is 49.4 Å². The minimum absolute atomic E-state index is 0.112. The lowest BCUT2D eigenvalue weighted by Crippen LogP contribution is -2.35. The minimum Gasteiger partial charge on any atom is -0.475 e. The molecule has 0 saturated heterocycles. The number of hydrogen-bond acceptors (Lipinski definition) is 3. The number of aromatic carboxylic acids is 1. The Bertz CT molecular complexity index is 411. The Labute approximate surface area is 100 Å². The smallest absolute Gasteiger partial charge is 0.371 e. The quantitative estimate of drug-likeness (QED) is 0.830. The number of carboxylic acid groups (broad SMARTS) is 1. The summed E-state index contributed by atoms with van der Waals surface area (Å²) in [7, 11) is 0. The Hall–Kier alpha value is -1.29. The molecule has 1 heterocycles. The number of furan rings is 1. The monoisotopic (exact) mass is 238 g/mol. The maximum Gasteiger partial charge on any atom is 0.371 e. The van der Waals surface area contributed by atoms with Gasteiger partial charge in [-0.1, -0.05) is 13.8 Å². The first-order chi connectivity index (χ1) is 7.90. The maximum atomic E-state index is 10.8. The summed E-state index contributed by atoms with van der Waals surface area (Å²) in [5.41, 5.74) is -1.01.